The van der Waals surface area contributed by atoms with Crippen molar-refractivity contribution in [3.05, 3.63) is 46.6 Å². The lowest BCUT2D eigenvalue weighted by Gasteiger charge is -2.39. The number of hydrogen-bond donors (Lipinski definition) is 0. The SMILES string of the molecule is CC(=O)Oc1c(C)c(C)c2c(c1C)CCC(C)(SC(=O)N1CCN(c3ccccn3)CC1)O2. The standard InChI is InChI=1S/C25H31N3O4S/c1-16-17(2)23-20(18(3)22(16)31-19(4)29)9-10-25(5,32-23)33-24(30)28-14-12-27(13-15-28)21-8-6-7-11-26-21/h6-8,11H,9-10,12-15H2,1-5H3. The third kappa shape index (κ3) is 4.81. The Labute approximate surface area is 199 Å². The van der Waals surface area contributed by atoms with Gasteiger partial charge >= 0.3 is 5.97 Å². The van der Waals surface area contributed by atoms with E-state index in [0.717, 1.165) is 53.3 Å². The molecule has 0 saturated carbocycles. The predicted molar refractivity (Wildman–Crippen MR) is 130 cm³/mol. The van der Waals surface area contributed by atoms with Crippen LogP contribution in [0.3, 0.4) is 0 Å². The van der Waals surface area contributed by atoms with Gasteiger partial charge < -0.3 is 19.3 Å². The molecule has 8 heteroatoms. The average molecular weight is 470 g/mol. The molecule has 176 valence electrons. The van der Waals surface area contributed by atoms with Crippen LogP contribution < -0.4 is 14.4 Å². The molecule has 3 heterocycles. The molecule has 7 nitrogen and oxygen atoms in total. The number of nitrogens with zero attached hydrogens (tertiary/aromatic N) is 3. The summed E-state index contributed by atoms with van der Waals surface area (Å²) >= 11 is 1.27. The summed E-state index contributed by atoms with van der Waals surface area (Å²) in [6.07, 6.45) is 3.26. The molecule has 4 rings (SSSR count). The minimum Gasteiger partial charge on any atom is -0.476 e. The number of carbonyl (C=O) groups excluding carboxylic acids is 2. The Morgan fingerprint density at radius 1 is 1.09 bits per heavy atom. The van der Waals surface area contributed by atoms with Crippen LogP contribution in [0.4, 0.5) is 10.6 Å². The second kappa shape index (κ2) is 9.25. The van der Waals surface area contributed by atoms with Crippen molar-refractivity contribution in [1.82, 2.24) is 9.88 Å². The van der Waals surface area contributed by atoms with Crippen molar-refractivity contribution >= 4 is 28.8 Å². The van der Waals surface area contributed by atoms with Gasteiger partial charge in [-0.2, -0.15) is 0 Å². The highest BCUT2D eigenvalue weighted by Crippen LogP contribution is 2.47. The zero-order valence-corrected chi connectivity index (χ0v) is 20.8. The van der Waals surface area contributed by atoms with E-state index < -0.39 is 4.93 Å². The lowest BCUT2D eigenvalue weighted by molar-refractivity contribution is -0.132. The Morgan fingerprint density at radius 3 is 2.45 bits per heavy atom. The van der Waals surface area contributed by atoms with Crippen LogP contribution in [-0.2, 0) is 11.2 Å². The van der Waals surface area contributed by atoms with Crippen LogP contribution in [-0.4, -0.2) is 52.2 Å². The van der Waals surface area contributed by atoms with Crippen molar-refractivity contribution in [2.75, 3.05) is 31.1 Å². The zero-order valence-electron chi connectivity index (χ0n) is 19.9. The number of amides is 1. The fraction of sp³-hybridized carbons (Fsp3) is 0.480. The van der Waals surface area contributed by atoms with Crippen molar-refractivity contribution in [3.63, 3.8) is 0 Å². The third-order valence-corrected chi connectivity index (χ3v) is 7.67. The van der Waals surface area contributed by atoms with Crippen molar-refractivity contribution in [3.8, 4) is 11.5 Å². The second-order valence-electron chi connectivity index (χ2n) is 8.87. The number of fused-ring (bicyclic) bond motifs is 1. The second-order valence-corrected chi connectivity index (χ2v) is 10.3. The van der Waals surface area contributed by atoms with Gasteiger partial charge in [-0.25, -0.2) is 4.98 Å². The van der Waals surface area contributed by atoms with Crippen LogP contribution in [0.25, 0.3) is 0 Å². The molecule has 1 fully saturated rings. The van der Waals surface area contributed by atoms with Crippen molar-refractivity contribution in [2.24, 2.45) is 0 Å². The molecule has 0 spiro atoms. The molecule has 0 N–H and O–H groups in total. The van der Waals surface area contributed by atoms with E-state index in [4.69, 9.17) is 9.47 Å². The maximum absolute atomic E-state index is 13.1. The number of aromatic nitrogens is 1. The molecule has 2 aliphatic heterocycles. The number of benzene rings is 1. The molecule has 2 aliphatic rings. The van der Waals surface area contributed by atoms with E-state index in [0.29, 0.717) is 25.3 Å². The minimum atomic E-state index is -0.644. The van der Waals surface area contributed by atoms with Gasteiger partial charge in [-0.15, -0.1) is 0 Å². The molecule has 1 aromatic heterocycles. The summed E-state index contributed by atoms with van der Waals surface area (Å²) in [5.41, 5.74) is 3.85. The smallest absolute Gasteiger partial charge is 0.308 e. The van der Waals surface area contributed by atoms with Crippen LogP contribution in [0.5, 0.6) is 11.5 Å². The molecule has 1 unspecified atom stereocenters. The van der Waals surface area contributed by atoms with E-state index in [1.165, 1.54) is 18.7 Å². The van der Waals surface area contributed by atoms with Crippen LogP contribution in [0.1, 0.15) is 42.5 Å². The van der Waals surface area contributed by atoms with E-state index in [9.17, 15) is 9.59 Å². The highest BCUT2D eigenvalue weighted by atomic mass is 32.2. The van der Waals surface area contributed by atoms with Gasteiger partial charge in [0.05, 0.1) is 0 Å². The quantitative estimate of drug-likeness (QED) is 0.479. The molecule has 33 heavy (non-hydrogen) atoms. The number of hydrogen-bond acceptors (Lipinski definition) is 7. The lowest BCUT2D eigenvalue weighted by atomic mass is 9.91. The van der Waals surface area contributed by atoms with Crippen LogP contribution in [0, 0.1) is 20.8 Å². The number of thioether (sulfide) groups is 1. The molecule has 0 aliphatic carbocycles. The van der Waals surface area contributed by atoms with E-state index in [1.807, 2.05) is 50.8 Å². The number of anilines is 1. The van der Waals surface area contributed by atoms with Crippen LogP contribution in [0.2, 0.25) is 0 Å². The highest BCUT2D eigenvalue weighted by molar-refractivity contribution is 8.14. The molecular formula is C25H31N3O4S. The summed E-state index contributed by atoms with van der Waals surface area (Å²) in [4.78, 5) is 32.6. The van der Waals surface area contributed by atoms with Gasteiger partial charge in [0.1, 0.15) is 17.3 Å². The molecule has 1 saturated heterocycles. The first-order chi connectivity index (χ1) is 15.7. The van der Waals surface area contributed by atoms with Crippen molar-refractivity contribution in [1.29, 1.82) is 0 Å². The van der Waals surface area contributed by atoms with Gasteiger partial charge in [0.2, 0.25) is 0 Å². The topological polar surface area (TPSA) is 72.0 Å². The molecular weight excluding hydrogens is 438 g/mol. The van der Waals surface area contributed by atoms with E-state index in [1.54, 1.807) is 6.20 Å². The Morgan fingerprint density at radius 2 is 1.82 bits per heavy atom. The largest absolute Gasteiger partial charge is 0.476 e. The maximum Gasteiger partial charge on any atom is 0.308 e. The first-order valence-electron chi connectivity index (χ1n) is 11.3. The molecule has 0 radical (unpaired) electrons. The molecule has 1 amide bonds. The summed E-state index contributed by atoms with van der Waals surface area (Å²) in [5.74, 6) is 2.06. The predicted octanol–water partition coefficient (Wildman–Crippen LogP) is 4.65. The molecule has 1 atom stereocenters. The number of esters is 1. The number of pyridine rings is 1. The Kier molecular flexibility index (Phi) is 6.56. The van der Waals surface area contributed by atoms with Gasteiger partial charge in [-0.05, 0) is 74.7 Å². The Hall–Kier alpha value is -2.74. The Balaban J connectivity index is 1.44. The normalized spacial score (nSPS) is 20.2. The first-order valence-corrected chi connectivity index (χ1v) is 12.1. The van der Waals surface area contributed by atoms with Gasteiger partial charge in [0.25, 0.3) is 5.24 Å². The molecule has 1 aromatic carbocycles. The first kappa shape index (κ1) is 23.4. The lowest BCUT2D eigenvalue weighted by Crippen LogP contribution is -2.49. The summed E-state index contributed by atoms with van der Waals surface area (Å²) in [6, 6.07) is 5.89. The number of carbonyl (C=O) groups is 2. The third-order valence-electron chi connectivity index (χ3n) is 6.52. The van der Waals surface area contributed by atoms with E-state index in [2.05, 4.69) is 9.88 Å². The number of ether oxygens (including phenoxy) is 2. The number of piperazine rings is 1. The van der Waals surface area contributed by atoms with Crippen LogP contribution >= 0.6 is 11.8 Å². The fourth-order valence-corrected chi connectivity index (χ4v) is 5.50. The van der Waals surface area contributed by atoms with E-state index >= 15 is 0 Å². The average Bonchev–Trinajstić information content (AvgIpc) is 2.80. The molecule has 2 aromatic rings. The van der Waals surface area contributed by atoms with Gasteiger partial charge in [0, 0.05) is 51.3 Å². The fourth-order valence-electron chi connectivity index (χ4n) is 4.49. The summed E-state index contributed by atoms with van der Waals surface area (Å²) in [7, 11) is 0. The Bertz CT molecular complexity index is 1070. The minimum absolute atomic E-state index is 0.0456. The summed E-state index contributed by atoms with van der Waals surface area (Å²) in [6.45, 7) is 12.2. The molecule has 0 bridgehead atoms. The van der Waals surface area contributed by atoms with Gasteiger partial charge in [-0.1, -0.05) is 6.07 Å². The highest BCUT2D eigenvalue weighted by Gasteiger charge is 2.39. The van der Waals surface area contributed by atoms with Gasteiger partial charge in [-0.3, -0.25) is 9.59 Å². The zero-order chi connectivity index (χ0) is 23.8. The van der Waals surface area contributed by atoms with E-state index in [-0.39, 0.29) is 11.2 Å². The van der Waals surface area contributed by atoms with Gasteiger partial charge in [0.15, 0.2) is 4.93 Å². The monoisotopic (exact) mass is 469 g/mol. The summed E-state index contributed by atoms with van der Waals surface area (Å²) in [5, 5.41) is 0.0456. The number of rotatable bonds is 3. The van der Waals surface area contributed by atoms with Crippen molar-refractivity contribution < 1.29 is 19.1 Å². The maximum atomic E-state index is 13.1. The van der Waals surface area contributed by atoms with Crippen LogP contribution in [0.15, 0.2) is 24.4 Å². The summed E-state index contributed by atoms with van der Waals surface area (Å²) < 4.78 is 12.0. The van der Waals surface area contributed by atoms with Crippen molar-refractivity contribution in [2.45, 2.75) is 52.4 Å².